The highest BCUT2D eigenvalue weighted by molar-refractivity contribution is 4.95. The minimum Gasteiger partial charge on any atom is -0.343 e. The zero-order valence-electron chi connectivity index (χ0n) is 7.21. The Morgan fingerprint density at radius 1 is 1.75 bits per heavy atom. The van der Waals surface area contributed by atoms with Gasteiger partial charge in [0.15, 0.2) is 5.82 Å². The predicted molar refractivity (Wildman–Crippen MR) is 45.4 cm³/mol. The van der Waals surface area contributed by atoms with E-state index in [-0.39, 0.29) is 0 Å². The molecule has 0 spiro atoms. The molecule has 12 heavy (non-hydrogen) atoms. The van der Waals surface area contributed by atoms with Crippen LogP contribution in [0.25, 0.3) is 0 Å². The van der Waals surface area contributed by atoms with E-state index < -0.39 is 0 Å². The summed E-state index contributed by atoms with van der Waals surface area (Å²) in [6.07, 6.45) is 2.32. The van der Waals surface area contributed by atoms with Gasteiger partial charge >= 0.3 is 0 Å². The molecule has 0 bridgehead atoms. The van der Waals surface area contributed by atoms with Gasteiger partial charge in [0.2, 0.25) is 6.39 Å². The molecule has 1 N–H and O–H groups in total. The van der Waals surface area contributed by atoms with Crippen LogP contribution in [-0.4, -0.2) is 16.7 Å². The maximum absolute atomic E-state index is 4.57. The molecule has 4 nitrogen and oxygen atoms in total. The molecule has 0 aliphatic heterocycles. The first kappa shape index (κ1) is 8.93. The first-order valence-corrected chi connectivity index (χ1v) is 3.95. The molecule has 1 aromatic rings. The van der Waals surface area contributed by atoms with Gasteiger partial charge in [0.1, 0.15) is 0 Å². The van der Waals surface area contributed by atoms with E-state index in [1.54, 1.807) is 0 Å². The van der Waals surface area contributed by atoms with E-state index in [0.717, 1.165) is 13.0 Å². The summed E-state index contributed by atoms with van der Waals surface area (Å²) in [5.41, 5.74) is 1.18. The molecule has 1 heterocycles. The second kappa shape index (κ2) is 4.66. The SMILES string of the molecule is C=C(CC)CNCc1ncon1. The smallest absolute Gasteiger partial charge is 0.213 e. The van der Waals surface area contributed by atoms with Crippen LogP contribution in [0, 0.1) is 0 Å². The van der Waals surface area contributed by atoms with Gasteiger partial charge in [0.25, 0.3) is 0 Å². The van der Waals surface area contributed by atoms with Crippen LogP contribution in [0.5, 0.6) is 0 Å². The molecular weight excluding hydrogens is 154 g/mol. The third-order valence-corrected chi connectivity index (χ3v) is 1.57. The number of hydrogen-bond acceptors (Lipinski definition) is 4. The lowest BCUT2D eigenvalue weighted by atomic mass is 10.2. The van der Waals surface area contributed by atoms with Crippen molar-refractivity contribution in [1.82, 2.24) is 15.5 Å². The second-order valence-electron chi connectivity index (χ2n) is 2.55. The Hall–Kier alpha value is -1.16. The van der Waals surface area contributed by atoms with E-state index in [2.05, 4.69) is 33.5 Å². The fourth-order valence-electron chi connectivity index (χ4n) is 0.746. The van der Waals surface area contributed by atoms with Gasteiger partial charge in [-0.05, 0) is 6.42 Å². The molecule has 0 aromatic carbocycles. The minimum atomic E-state index is 0.634. The van der Waals surface area contributed by atoms with Crippen molar-refractivity contribution in [3.63, 3.8) is 0 Å². The molecule has 4 heteroatoms. The van der Waals surface area contributed by atoms with Crippen LogP contribution in [0.1, 0.15) is 19.2 Å². The van der Waals surface area contributed by atoms with Crippen molar-refractivity contribution in [2.45, 2.75) is 19.9 Å². The van der Waals surface area contributed by atoms with Crippen molar-refractivity contribution in [2.75, 3.05) is 6.54 Å². The number of aromatic nitrogens is 2. The monoisotopic (exact) mass is 167 g/mol. The largest absolute Gasteiger partial charge is 0.343 e. The Labute approximate surface area is 71.7 Å². The van der Waals surface area contributed by atoms with Crippen LogP contribution in [0.15, 0.2) is 23.1 Å². The molecule has 0 aliphatic rings. The highest BCUT2D eigenvalue weighted by Crippen LogP contribution is 1.94. The summed E-state index contributed by atoms with van der Waals surface area (Å²) in [5.74, 6) is 0.680. The molecule has 0 aliphatic carbocycles. The lowest BCUT2D eigenvalue weighted by Crippen LogP contribution is -2.16. The van der Waals surface area contributed by atoms with Crippen molar-refractivity contribution in [1.29, 1.82) is 0 Å². The van der Waals surface area contributed by atoms with Crippen LogP contribution in [-0.2, 0) is 6.54 Å². The van der Waals surface area contributed by atoms with Gasteiger partial charge in [0.05, 0.1) is 6.54 Å². The van der Waals surface area contributed by atoms with Crippen LogP contribution in [0.4, 0.5) is 0 Å². The molecule has 0 saturated carbocycles. The normalized spacial score (nSPS) is 10.1. The van der Waals surface area contributed by atoms with Crippen LogP contribution >= 0.6 is 0 Å². The molecule has 0 saturated heterocycles. The standard InChI is InChI=1S/C8H13N3O/c1-3-7(2)4-9-5-8-10-6-12-11-8/h6,9H,2-5H2,1H3. The average molecular weight is 167 g/mol. The van der Waals surface area contributed by atoms with Crippen LogP contribution in [0.2, 0.25) is 0 Å². The van der Waals surface area contributed by atoms with E-state index in [9.17, 15) is 0 Å². The summed E-state index contributed by atoms with van der Waals surface area (Å²) >= 11 is 0. The van der Waals surface area contributed by atoms with E-state index in [1.165, 1.54) is 12.0 Å². The number of nitrogens with zero attached hydrogens (tertiary/aromatic N) is 2. The molecule has 0 atom stereocenters. The second-order valence-corrected chi connectivity index (χ2v) is 2.55. The molecule has 0 amide bonds. The Bertz CT molecular complexity index is 230. The summed E-state index contributed by atoms with van der Waals surface area (Å²) in [5, 5.41) is 6.81. The van der Waals surface area contributed by atoms with E-state index in [4.69, 9.17) is 0 Å². The minimum absolute atomic E-state index is 0.634. The van der Waals surface area contributed by atoms with Crippen LogP contribution < -0.4 is 5.32 Å². The summed E-state index contributed by atoms with van der Waals surface area (Å²) in [4.78, 5) is 3.87. The van der Waals surface area contributed by atoms with Gasteiger partial charge in [-0.2, -0.15) is 4.98 Å². The summed E-state index contributed by atoms with van der Waals surface area (Å²) in [7, 11) is 0. The number of rotatable bonds is 5. The maximum Gasteiger partial charge on any atom is 0.213 e. The first-order chi connectivity index (χ1) is 5.83. The predicted octanol–water partition coefficient (Wildman–Crippen LogP) is 1.13. The Balaban J connectivity index is 2.15. The van der Waals surface area contributed by atoms with Crippen molar-refractivity contribution >= 4 is 0 Å². The van der Waals surface area contributed by atoms with Gasteiger partial charge in [-0.1, -0.05) is 24.2 Å². The zero-order chi connectivity index (χ0) is 8.81. The number of nitrogens with one attached hydrogen (secondary N) is 1. The molecule has 1 rings (SSSR count). The van der Waals surface area contributed by atoms with E-state index in [0.29, 0.717) is 12.4 Å². The zero-order valence-corrected chi connectivity index (χ0v) is 7.21. The lowest BCUT2D eigenvalue weighted by Gasteiger charge is -2.01. The molecule has 0 radical (unpaired) electrons. The van der Waals surface area contributed by atoms with Crippen molar-refractivity contribution < 1.29 is 4.52 Å². The molecule has 66 valence electrons. The molecule has 0 fully saturated rings. The highest BCUT2D eigenvalue weighted by atomic mass is 16.5. The molecule has 0 unspecified atom stereocenters. The average Bonchev–Trinajstić information content (AvgIpc) is 2.57. The van der Waals surface area contributed by atoms with Gasteiger partial charge in [0, 0.05) is 6.54 Å². The van der Waals surface area contributed by atoms with Gasteiger partial charge in [-0.15, -0.1) is 0 Å². The summed E-state index contributed by atoms with van der Waals surface area (Å²) in [6, 6.07) is 0. The van der Waals surface area contributed by atoms with Crippen molar-refractivity contribution in [2.24, 2.45) is 0 Å². The lowest BCUT2D eigenvalue weighted by molar-refractivity contribution is 0.408. The van der Waals surface area contributed by atoms with E-state index in [1.807, 2.05) is 0 Å². The third-order valence-electron chi connectivity index (χ3n) is 1.57. The van der Waals surface area contributed by atoms with E-state index >= 15 is 0 Å². The summed E-state index contributed by atoms with van der Waals surface area (Å²) in [6.45, 7) is 7.39. The fraction of sp³-hybridized carbons (Fsp3) is 0.500. The quantitative estimate of drug-likeness (QED) is 0.668. The maximum atomic E-state index is 4.57. The molecule has 1 aromatic heterocycles. The van der Waals surface area contributed by atoms with Gasteiger partial charge < -0.3 is 9.84 Å². The topological polar surface area (TPSA) is 51.0 Å². The Morgan fingerprint density at radius 2 is 2.58 bits per heavy atom. The Kier molecular flexibility index (Phi) is 3.47. The molecular formula is C8H13N3O. The van der Waals surface area contributed by atoms with Crippen molar-refractivity contribution in [3.8, 4) is 0 Å². The Morgan fingerprint density at radius 3 is 3.17 bits per heavy atom. The third kappa shape index (κ3) is 2.84. The van der Waals surface area contributed by atoms with Crippen molar-refractivity contribution in [3.05, 3.63) is 24.4 Å². The fourth-order valence-corrected chi connectivity index (χ4v) is 0.746. The summed E-state index contributed by atoms with van der Waals surface area (Å²) < 4.78 is 4.57. The van der Waals surface area contributed by atoms with Gasteiger partial charge in [-0.25, -0.2) is 0 Å². The first-order valence-electron chi connectivity index (χ1n) is 3.95. The van der Waals surface area contributed by atoms with Gasteiger partial charge in [-0.3, -0.25) is 0 Å². The highest BCUT2D eigenvalue weighted by Gasteiger charge is 1.96. The number of hydrogen-bond donors (Lipinski definition) is 1. The van der Waals surface area contributed by atoms with Crippen LogP contribution in [0.3, 0.4) is 0 Å².